The maximum Gasteiger partial charge on any atom is 0.263 e. The largest absolute Gasteiger partial charge is 0.324 e. The van der Waals surface area contributed by atoms with Gasteiger partial charge in [-0.2, -0.15) is 0 Å². The van der Waals surface area contributed by atoms with E-state index in [9.17, 15) is 13.2 Å². The summed E-state index contributed by atoms with van der Waals surface area (Å²) in [6.07, 6.45) is 0.892. The van der Waals surface area contributed by atoms with Crippen LogP contribution in [0.3, 0.4) is 0 Å². The van der Waals surface area contributed by atoms with Gasteiger partial charge >= 0.3 is 0 Å². The molecule has 1 aliphatic carbocycles. The number of amidine groups is 1. The Balaban J connectivity index is 1.38. The molecule has 5 rings (SSSR count). The molecule has 0 saturated carbocycles. The van der Waals surface area contributed by atoms with Crippen LogP contribution in [0.5, 0.6) is 0 Å². The van der Waals surface area contributed by atoms with Crippen LogP contribution in [0.15, 0.2) is 76.6 Å². The van der Waals surface area contributed by atoms with Crippen molar-refractivity contribution in [3.05, 3.63) is 83.4 Å². The zero-order chi connectivity index (χ0) is 20.9. The highest BCUT2D eigenvalue weighted by molar-refractivity contribution is 7.90. The van der Waals surface area contributed by atoms with E-state index in [-0.39, 0.29) is 16.6 Å². The number of aliphatic imine (C=N–C) groups is 1. The van der Waals surface area contributed by atoms with Crippen molar-refractivity contribution < 1.29 is 13.2 Å². The van der Waals surface area contributed by atoms with Crippen molar-refractivity contribution in [1.82, 2.24) is 4.72 Å². The van der Waals surface area contributed by atoms with Crippen molar-refractivity contribution >= 4 is 27.5 Å². The minimum Gasteiger partial charge on any atom is -0.324 e. The number of benzene rings is 3. The van der Waals surface area contributed by atoms with Gasteiger partial charge in [0.1, 0.15) is 11.9 Å². The summed E-state index contributed by atoms with van der Waals surface area (Å²) in [6.45, 7) is 1.64. The normalized spacial score (nSPS) is 17.6. The van der Waals surface area contributed by atoms with Crippen LogP contribution < -0.4 is 10.0 Å². The summed E-state index contributed by atoms with van der Waals surface area (Å²) in [6, 6.07) is 20.0. The fourth-order valence-corrected chi connectivity index (χ4v) is 5.17. The maximum atomic E-state index is 12.7. The topological polar surface area (TPSA) is 87.6 Å². The lowest BCUT2D eigenvalue weighted by Crippen LogP contribution is -2.28. The van der Waals surface area contributed by atoms with Gasteiger partial charge in [0.25, 0.3) is 10.0 Å². The van der Waals surface area contributed by atoms with E-state index in [0.717, 1.165) is 12.0 Å². The molecule has 1 atom stereocenters. The zero-order valence-corrected chi connectivity index (χ0v) is 17.0. The number of nitrogens with one attached hydrogen (secondary N) is 2. The van der Waals surface area contributed by atoms with E-state index < -0.39 is 16.1 Å². The molecule has 1 heterocycles. The Kier molecular flexibility index (Phi) is 4.22. The number of carbonyl (C=O) groups excluding carboxylic acids is 1. The van der Waals surface area contributed by atoms with Crippen LogP contribution in [0.4, 0.5) is 5.69 Å². The number of anilines is 1. The molecular formula is C23H19N3O3S. The fourth-order valence-electron chi connectivity index (χ4n) is 3.93. The minimum absolute atomic E-state index is 0.175. The molecule has 3 aromatic rings. The van der Waals surface area contributed by atoms with E-state index >= 15 is 0 Å². The van der Waals surface area contributed by atoms with E-state index in [1.165, 1.54) is 22.8 Å². The Hall–Kier alpha value is -3.45. The van der Waals surface area contributed by atoms with Gasteiger partial charge in [0.05, 0.1) is 4.90 Å². The van der Waals surface area contributed by atoms with Gasteiger partial charge in [-0.05, 0) is 59.9 Å². The first kappa shape index (κ1) is 18.6. The summed E-state index contributed by atoms with van der Waals surface area (Å²) in [5.41, 5.74) is 6.00. The summed E-state index contributed by atoms with van der Waals surface area (Å²) >= 11 is 0. The van der Waals surface area contributed by atoms with Gasteiger partial charge in [-0.1, -0.05) is 42.5 Å². The minimum atomic E-state index is -3.63. The number of fused-ring (bicyclic) bond motifs is 4. The quantitative estimate of drug-likeness (QED) is 0.536. The molecule has 2 N–H and O–H groups in total. The monoisotopic (exact) mass is 417 g/mol. The predicted molar refractivity (Wildman–Crippen MR) is 116 cm³/mol. The van der Waals surface area contributed by atoms with Crippen molar-refractivity contribution in [2.75, 3.05) is 5.32 Å². The average Bonchev–Trinajstić information content (AvgIpc) is 3.23. The van der Waals surface area contributed by atoms with E-state index in [0.29, 0.717) is 11.3 Å². The molecular weight excluding hydrogens is 398 g/mol. The number of amides is 1. The molecule has 3 aromatic carbocycles. The van der Waals surface area contributed by atoms with Crippen LogP contribution in [0, 0.1) is 0 Å². The van der Waals surface area contributed by atoms with E-state index in [1.807, 2.05) is 30.3 Å². The van der Waals surface area contributed by atoms with Crippen LogP contribution in [0.25, 0.3) is 11.1 Å². The fraction of sp³-hybridized carbons (Fsp3) is 0.130. The molecule has 0 spiro atoms. The number of nitrogens with zero attached hydrogens (tertiary/aromatic N) is 1. The number of carbonyl (C=O) groups is 1. The molecule has 1 aliphatic heterocycles. The molecule has 0 saturated heterocycles. The average molecular weight is 417 g/mol. The van der Waals surface area contributed by atoms with Crippen LogP contribution in [0.1, 0.15) is 23.6 Å². The lowest BCUT2D eigenvalue weighted by Gasteiger charge is -2.11. The molecule has 150 valence electrons. The molecule has 0 fully saturated rings. The molecule has 6 nitrogen and oxygen atoms in total. The molecule has 0 bridgehead atoms. The highest BCUT2D eigenvalue weighted by Gasteiger charge is 2.31. The van der Waals surface area contributed by atoms with Crippen LogP contribution in [-0.4, -0.2) is 26.2 Å². The second-order valence-corrected chi connectivity index (χ2v) is 9.10. The van der Waals surface area contributed by atoms with Gasteiger partial charge in [0, 0.05) is 11.3 Å². The van der Waals surface area contributed by atoms with E-state index in [1.54, 1.807) is 25.1 Å². The van der Waals surface area contributed by atoms with Gasteiger partial charge in [-0.3, -0.25) is 14.5 Å². The number of hydrogen-bond donors (Lipinski definition) is 2. The highest BCUT2D eigenvalue weighted by Crippen LogP contribution is 2.37. The third-order valence-corrected chi connectivity index (χ3v) is 6.83. The van der Waals surface area contributed by atoms with Crippen molar-refractivity contribution in [2.45, 2.75) is 24.3 Å². The first-order valence-electron chi connectivity index (χ1n) is 9.64. The van der Waals surface area contributed by atoms with E-state index in [4.69, 9.17) is 0 Å². The number of sulfonamides is 1. The van der Waals surface area contributed by atoms with Crippen LogP contribution in [0.2, 0.25) is 0 Å². The van der Waals surface area contributed by atoms with Crippen molar-refractivity contribution in [2.24, 2.45) is 4.99 Å². The number of hydrogen-bond acceptors (Lipinski definition) is 4. The van der Waals surface area contributed by atoms with Crippen molar-refractivity contribution in [3.8, 4) is 11.1 Å². The molecule has 1 amide bonds. The molecule has 30 heavy (non-hydrogen) atoms. The van der Waals surface area contributed by atoms with Gasteiger partial charge in [0.2, 0.25) is 5.91 Å². The Morgan fingerprint density at radius 1 is 0.967 bits per heavy atom. The Bertz CT molecular complexity index is 1330. The second-order valence-electron chi connectivity index (χ2n) is 7.45. The molecule has 2 aliphatic rings. The third-order valence-electron chi connectivity index (χ3n) is 5.43. The molecule has 0 aromatic heterocycles. The Labute approximate surface area is 174 Å². The summed E-state index contributed by atoms with van der Waals surface area (Å²) in [7, 11) is -3.63. The zero-order valence-electron chi connectivity index (χ0n) is 16.2. The SMILES string of the molecule is C[C@H](N=C1NS(=O)(=O)c2ccccc21)C(=O)Nc1ccc2c(c1)-c1ccccc1C2. The summed E-state index contributed by atoms with van der Waals surface area (Å²) in [5, 5.41) is 2.90. The smallest absolute Gasteiger partial charge is 0.263 e. The van der Waals surface area contributed by atoms with Crippen molar-refractivity contribution in [1.29, 1.82) is 0 Å². The van der Waals surface area contributed by atoms with Gasteiger partial charge in [0.15, 0.2) is 0 Å². The maximum absolute atomic E-state index is 12.7. The summed E-state index contributed by atoms with van der Waals surface area (Å²) in [4.78, 5) is 17.2. The van der Waals surface area contributed by atoms with E-state index in [2.05, 4.69) is 27.2 Å². The first-order chi connectivity index (χ1) is 14.4. The first-order valence-corrected chi connectivity index (χ1v) is 11.1. The molecule has 7 heteroatoms. The molecule has 0 radical (unpaired) electrons. The standard InChI is InChI=1S/C23H19N3O3S/c1-14(24-22-19-8-4-5-9-21(19)30(28,29)26-22)23(27)25-17-11-10-16-12-15-6-2-3-7-18(15)20(16)13-17/h2-11,13-14H,12H2,1H3,(H,24,26)(H,25,27)/t14-/m0/s1. The predicted octanol–water partition coefficient (Wildman–Crippen LogP) is 3.32. The Morgan fingerprint density at radius 2 is 1.67 bits per heavy atom. The lowest BCUT2D eigenvalue weighted by molar-refractivity contribution is -0.117. The van der Waals surface area contributed by atoms with Gasteiger partial charge in [-0.15, -0.1) is 0 Å². The van der Waals surface area contributed by atoms with Crippen molar-refractivity contribution in [3.63, 3.8) is 0 Å². The second kappa shape index (κ2) is 6.81. The lowest BCUT2D eigenvalue weighted by atomic mass is 10.1. The third kappa shape index (κ3) is 3.07. The summed E-state index contributed by atoms with van der Waals surface area (Å²) < 4.78 is 26.9. The summed E-state index contributed by atoms with van der Waals surface area (Å²) in [5.74, 6) is -0.117. The molecule has 0 unspecified atom stereocenters. The number of rotatable bonds is 3. The van der Waals surface area contributed by atoms with Gasteiger partial charge < -0.3 is 5.32 Å². The highest BCUT2D eigenvalue weighted by atomic mass is 32.2. The van der Waals surface area contributed by atoms with Crippen LogP contribution in [-0.2, 0) is 21.2 Å². The Morgan fingerprint density at radius 3 is 2.50 bits per heavy atom. The van der Waals surface area contributed by atoms with Crippen LogP contribution >= 0.6 is 0 Å². The van der Waals surface area contributed by atoms with Gasteiger partial charge in [-0.25, -0.2) is 8.42 Å².